The van der Waals surface area contributed by atoms with Gasteiger partial charge in [0.2, 0.25) is 0 Å². The number of hydrogen-bond donors (Lipinski definition) is 0. The second-order valence-corrected chi connectivity index (χ2v) is 6.46. The van der Waals surface area contributed by atoms with Gasteiger partial charge in [0.25, 0.3) is 10.0 Å². The van der Waals surface area contributed by atoms with Crippen molar-refractivity contribution in [1.29, 1.82) is 0 Å². The first-order chi connectivity index (χ1) is 10.1. The number of benzene rings is 2. The summed E-state index contributed by atoms with van der Waals surface area (Å²) in [6.45, 7) is 1.84. The predicted octanol–water partition coefficient (Wildman–Crippen LogP) is 2.49. The third-order valence-corrected chi connectivity index (χ3v) is 4.60. The van der Waals surface area contributed by atoms with E-state index in [0.717, 1.165) is 15.2 Å². The molecular weight excluding hydrogens is 286 g/mol. The average molecular weight is 299 g/mol. The summed E-state index contributed by atoms with van der Waals surface area (Å²) in [7, 11) is -3.71. The molecule has 0 aliphatic heterocycles. The maximum Gasteiger partial charge on any atom is 0.284 e. The molecule has 0 bridgehead atoms. The van der Waals surface area contributed by atoms with Gasteiger partial charge in [-0.15, -0.1) is 9.19 Å². The highest BCUT2D eigenvalue weighted by Crippen LogP contribution is 2.19. The highest BCUT2D eigenvalue weighted by atomic mass is 32.2. The highest BCUT2D eigenvalue weighted by molar-refractivity contribution is 7.89. The lowest BCUT2D eigenvalue weighted by Crippen LogP contribution is -2.13. The first-order valence-corrected chi connectivity index (χ1v) is 7.81. The second-order valence-electron chi connectivity index (χ2n) is 4.66. The number of nitrogens with zero attached hydrogens (tertiary/aromatic N) is 3. The Labute approximate surface area is 122 Å². The largest absolute Gasteiger partial charge is 0.284 e. The van der Waals surface area contributed by atoms with Gasteiger partial charge >= 0.3 is 0 Å². The van der Waals surface area contributed by atoms with Crippen LogP contribution in [0, 0.1) is 6.92 Å². The third-order valence-electron chi connectivity index (χ3n) is 3.08. The van der Waals surface area contributed by atoms with Crippen molar-refractivity contribution in [2.45, 2.75) is 11.8 Å². The van der Waals surface area contributed by atoms with E-state index in [0.29, 0.717) is 5.69 Å². The molecule has 6 heteroatoms. The molecule has 0 fully saturated rings. The fraction of sp³-hybridized carbons (Fsp3) is 0.0667. The van der Waals surface area contributed by atoms with Crippen LogP contribution in [0.3, 0.4) is 0 Å². The van der Waals surface area contributed by atoms with Crippen LogP contribution in [0.1, 0.15) is 5.56 Å². The van der Waals surface area contributed by atoms with Crippen LogP contribution < -0.4 is 0 Å². The van der Waals surface area contributed by atoms with Gasteiger partial charge in [-0.25, -0.2) is 0 Å². The molecular formula is C15H13N3O2S. The Balaban J connectivity index is 2.03. The van der Waals surface area contributed by atoms with Crippen molar-refractivity contribution in [3.63, 3.8) is 0 Å². The molecule has 1 aromatic heterocycles. The molecule has 0 spiro atoms. The number of hydrogen-bond acceptors (Lipinski definition) is 4. The predicted molar refractivity (Wildman–Crippen MR) is 79.2 cm³/mol. The molecule has 5 nitrogen and oxygen atoms in total. The summed E-state index contributed by atoms with van der Waals surface area (Å²) in [5.74, 6) is 0. The van der Waals surface area contributed by atoms with Gasteiger partial charge in [-0.1, -0.05) is 47.7 Å². The monoisotopic (exact) mass is 299 g/mol. The van der Waals surface area contributed by atoms with Crippen LogP contribution in [0.25, 0.3) is 11.3 Å². The van der Waals surface area contributed by atoms with Gasteiger partial charge in [0.1, 0.15) is 5.69 Å². The van der Waals surface area contributed by atoms with Gasteiger partial charge in [-0.2, -0.15) is 8.42 Å². The van der Waals surface area contributed by atoms with Crippen LogP contribution in [0.2, 0.25) is 0 Å². The topological polar surface area (TPSA) is 64.8 Å². The molecule has 0 unspecified atom stereocenters. The van der Waals surface area contributed by atoms with E-state index in [-0.39, 0.29) is 4.90 Å². The van der Waals surface area contributed by atoms with E-state index in [2.05, 4.69) is 10.3 Å². The average Bonchev–Trinajstić information content (AvgIpc) is 2.99. The van der Waals surface area contributed by atoms with E-state index in [4.69, 9.17) is 0 Å². The number of aryl methyl sites for hydroxylation is 1. The van der Waals surface area contributed by atoms with Gasteiger partial charge in [0, 0.05) is 5.56 Å². The molecule has 21 heavy (non-hydrogen) atoms. The van der Waals surface area contributed by atoms with Crippen LogP contribution in [0.5, 0.6) is 0 Å². The molecule has 2 aromatic carbocycles. The van der Waals surface area contributed by atoms with E-state index in [1.54, 1.807) is 18.2 Å². The van der Waals surface area contributed by atoms with Crippen LogP contribution in [-0.4, -0.2) is 22.8 Å². The SMILES string of the molecule is Cc1cccc(S(=O)(=O)n2cc(-c3ccccc3)nn2)c1. The minimum Gasteiger partial charge on any atom is -0.199 e. The summed E-state index contributed by atoms with van der Waals surface area (Å²) >= 11 is 0. The molecule has 3 rings (SSSR count). The Morgan fingerprint density at radius 2 is 1.76 bits per heavy atom. The molecule has 0 radical (unpaired) electrons. The van der Waals surface area contributed by atoms with Crippen LogP contribution in [-0.2, 0) is 10.0 Å². The maximum atomic E-state index is 12.5. The Bertz CT molecular complexity index is 871. The molecule has 1 heterocycles. The van der Waals surface area contributed by atoms with E-state index in [9.17, 15) is 8.42 Å². The van der Waals surface area contributed by atoms with Gasteiger partial charge in [0.15, 0.2) is 0 Å². The van der Waals surface area contributed by atoms with Crippen LogP contribution >= 0.6 is 0 Å². The number of aromatic nitrogens is 3. The molecule has 106 valence electrons. The Hall–Kier alpha value is -2.47. The summed E-state index contributed by atoms with van der Waals surface area (Å²) in [6, 6.07) is 16.0. The van der Waals surface area contributed by atoms with E-state index in [1.165, 1.54) is 6.20 Å². The van der Waals surface area contributed by atoms with Crippen LogP contribution in [0.15, 0.2) is 65.7 Å². The maximum absolute atomic E-state index is 12.5. The lowest BCUT2D eigenvalue weighted by Gasteiger charge is -2.03. The first kappa shape index (κ1) is 13.5. The molecule has 0 saturated carbocycles. The zero-order valence-corrected chi connectivity index (χ0v) is 12.2. The van der Waals surface area contributed by atoms with Crippen molar-refractivity contribution in [1.82, 2.24) is 14.4 Å². The Kier molecular flexibility index (Phi) is 3.31. The summed E-state index contributed by atoms with van der Waals surface area (Å²) < 4.78 is 25.9. The molecule has 0 aliphatic carbocycles. The van der Waals surface area contributed by atoms with Gasteiger partial charge in [-0.3, -0.25) is 0 Å². The molecule has 0 amide bonds. The molecule has 0 atom stereocenters. The van der Waals surface area contributed by atoms with Gasteiger partial charge in [0.05, 0.1) is 11.1 Å². The second kappa shape index (κ2) is 5.14. The van der Waals surface area contributed by atoms with Crippen molar-refractivity contribution in [3.05, 3.63) is 66.4 Å². The van der Waals surface area contributed by atoms with E-state index in [1.807, 2.05) is 43.3 Å². The third kappa shape index (κ3) is 2.57. The van der Waals surface area contributed by atoms with Crippen LogP contribution in [0.4, 0.5) is 0 Å². The normalized spacial score (nSPS) is 11.5. The Morgan fingerprint density at radius 3 is 2.48 bits per heavy atom. The van der Waals surface area contributed by atoms with E-state index < -0.39 is 10.0 Å². The summed E-state index contributed by atoms with van der Waals surface area (Å²) in [4.78, 5) is 0.201. The van der Waals surface area contributed by atoms with Crippen molar-refractivity contribution in [2.24, 2.45) is 0 Å². The fourth-order valence-corrected chi connectivity index (χ4v) is 3.16. The van der Waals surface area contributed by atoms with E-state index >= 15 is 0 Å². The smallest absolute Gasteiger partial charge is 0.199 e. The molecule has 0 saturated heterocycles. The molecule has 0 aliphatic rings. The number of rotatable bonds is 3. The minimum atomic E-state index is -3.71. The van der Waals surface area contributed by atoms with Gasteiger partial charge in [-0.05, 0) is 24.6 Å². The van der Waals surface area contributed by atoms with Gasteiger partial charge < -0.3 is 0 Å². The van der Waals surface area contributed by atoms with Crippen molar-refractivity contribution >= 4 is 10.0 Å². The zero-order valence-electron chi connectivity index (χ0n) is 11.3. The zero-order chi connectivity index (χ0) is 14.9. The first-order valence-electron chi connectivity index (χ1n) is 6.37. The van der Waals surface area contributed by atoms with Crippen molar-refractivity contribution in [3.8, 4) is 11.3 Å². The summed E-state index contributed by atoms with van der Waals surface area (Å²) in [6.07, 6.45) is 1.42. The fourth-order valence-electron chi connectivity index (χ4n) is 1.99. The van der Waals surface area contributed by atoms with Crippen molar-refractivity contribution < 1.29 is 8.42 Å². The lowest BCUT2D eigenvalue weighted by molar-refractivity contribution is 0.577. The Morgan fingerprint density at radius 1 is 1.00 bits per heavy atom. The molecule has 0 N–H and O–H groups in total. The van der Waals surface area contributed by atoms with Crippen molar-refractivity contribution in [2.75, 3.05) is 0 Å². The molecule has 3 aromatic rings. The quantitative estimate of drug-likeness (QED) is 0.745. The lowest BCUT2D eigenvalue weighted by atomic mass is 10.2. The standard InChI is InChI=1S/C15H13N3O2S/c1-12-6-5-9-14(10-12)21(19,20)18-11-15(16-17-18)13-7-3-2-4-8-13/h2-11H,1H3. The minimum absolute atomic E-state index is 0.201. The summed E-state index contributed by atoms with van der Waals surface area (Å²) in [5.41, 5.74) is 2.22. The summed E-state index contributed by atoms with van der Waals surface area (Å²) in [5, 5.41) is 7.68. The highest BCUT2D eigenvalue weighted by Gasteiger charge is 2.19.